The number of benzene rings is 1. The Kier molecular flexibility index (Phi) is 5.29. The summed E-state index contributed by atoms with van der Waals surface area (Å²) in [5.74, 6) is 1.16. The number of anilines is 4. The molecular weight excluding hydrogens is 414 g/mol. The second-order valence-corrected chi connectivity index (χ2v) is 9.01. The highest BCUT2D eigenvalue weighted by Crippen LogP contribution is 2.33. The van der Waals surface area contributed by atoms with Crippen molar-refractivity contribution in [3.05, 3.63) is 36.4 Å². The average Bonchev–Trinajstić information content (AvgIpc) is 3.31. The number of fused-ring (bicyclic) bond motifs is 1. The Morgan fingerprint density at radius 2 is 1.71 bits per heavy atom. The van der Waals surface area contributed by atoms with Gasteiger partial charge in [0.2, 0.25) is 11.8 Å². The van der Waals surface area contributed by atoms with Crippen LogP contribution in [0.1, 0.15) is 38.5 Å². The Balaban J connectivity index is 1.31. The summed E-state index contributed by atoms with van der Waals surface area (Å²) in [4.78, 5) is 34.5. The van der Waals surface area contributed by atoms with Crippen LogP contribution >= 0.6 is 11.3 Å². The van der Waals surface area contributed by atoms with Gasteiger partial charge in [0.25, 0.3) is 0 Å². The Morgan fingerprint density at radius 3 is 2.48 bits per heavy atom. The van der Waals surface area contributed by atoms with Gasteiger partial charge >= 0.3 is 0 Å². The number of thiazole rings is 1. The fraction of sp³-hybridized carbons (Fsp3) is 0.364. The molecule has 3 N–H and O–H groups in total. The minimum atomic E-state index is -0.180. The first kappa shape index (κ1) is 19.9. The normalized spacial score (nSPS) is 21.6. The summed E-state index contributed by atoms with van der Waals surface area (Å²) in [7, 11) is 0. The number of nitrogens with zero attached hydrogens (tertiary/aromatic N) is 3. The number of carbonyl (C=O) groups is 2. The number of aliphatic hydroxyl groups excluding tert-OH is 1. The number of hydrogen-bond acceptors (Lipinski definition) is 8. The summed E-state index contributed by atoms with van der Waals surface area (Å²) in [6.07, 6.45) is 3.86. The highest BCUT2D eigenvalue weighted by atomic mass is 32.1. The molecule has 1 aromatic carbocycles. The molecule has 0 bridgehead atoms. The Bertz CT molecular complexity index is 1120. The number of hydrogen-bond donors (Lipinski definition) is 3. The van der Waals surface area contributed by atoms with E-state index in [2.05, 4.69) is 20.6 Å². The van der Waals surface area contributed by atoms with Crippen LogP contribution in [0.4, 0.5) is 22.5 Å². The van der Waals surface area contributed by atoms with E-state index in [1.807, 2.05) is 30.3 Å². The van der Waals surface area contributed by atoms with Crippen LogP contribution in [0.3, 0.4) is 0 Å². The molecule has 8 nitrogen and oxygen atoms in total. The van der Waals surface area contributed by atoms with Gasteiger partial charge in [-0.05, 0) is 56.0 Å². The van der Waals surface area contributed by atoms with Gasteiger partial charge in [-0.3, -0.25) is 14.5 Å². The van der Waals surface area contributed by atoms with E-state index < -0.39 is 0 Å². The number of pyridine rings is 1. The van der Waals surface area contributed by atoms with E-state index in [4.69, 9.17) is 0 Å². The first-order valence-electron chi connectivity index (χ1n) is 10.5. The van der Waals surface area contributed by atoms with Gasteiger partial charge < -0.3 is 15.7 Å². The zero-order chi connectivity index (χ0) is 21.4. The van der Waals surface area contributed by atoms with Crippen LogP contribution < -0.4 is 15.5 Å². The molecule has 0 spiro atoms. The molecule has 0 unspecified atom stereocenters. The molecule has 2 amide bonds. The van der Waals surface area contributed by atoms with Crippen molar-refractivity contribution in [2.75, 3.05) is 15.5 Å². The number of amides is 2. The molecule has 2 aliphatic rings. The van der Waals surface area contributed by atoms with Crippen molar-refractivity contribution < 1.29 is 14.7 Å². The van der Waals surface area contributed by atoms with Crippen molar-refractivity contribution in [2.24, 2.45) is 0 Å². The third-order valence-corrected chi connectivity index (χ3v) is 6.65. The molecule has 9 heteroatoms. The second kappa shape index (κ2) is 8.24. The second-order valence-electron chi connectivity index (χ2n) is 7.98. The monoisotopic (exact) mass is 437 g/mol. The van der Waals surface area contributed by atoms with Crippen molar-refractivity contribution in [1.82, 2.24) is 9.97 Å². The fourth-order valence-electron chi connectivity index (χ4n) is 4.09. The third kappa shape index (κ3) is 4.24. The molecule has 1 saturated heterocycles. The quantitative estimate of drug-likeness (QED) is 0.521. The van der Waals surface area contributed by atoms with Crippen LogP contribution in [-0.2, 0) is 9.59 Å². The van der Waals surface area contributed by atoms with Crippen LogP contribution in [0.25, 0.3) is 10.2 Å². The highest BCUT2D eigenvalue weighted by Gasteiger charge is 2.30. The number of aromatic nitrogens is 2. The van der Waals surface area contributed by atoms with Crippen LogP contribution in [0, 0.1) is 0 Å². The van der Waals surface area contributed by atoms with E-state index in [9.17, 15) is 14.7 Å². The van der Waals surface area contributed by atoms with Gasteiger partial charge in [0.1, 0.15) is 11.6 Å². The molecule has 1 saturated carbocycles. The van der Waals surface area contributed by atoms with Gasteiger partial charge in [0.15, 0.2) is 5.13 Å². The molecule has 31 heavy (non-hydrogen) atoms. The van der Waals surface area contributed by atoms with Crippen molar-refractivity contribution in [3.8, 4) is 0 Å². The summed E-state index contributed by atoms with van der Waals surface area (Å²) >= 11 is 1.45. The predicted molar refractivity (Wildman–Crippen MR) is 121 cm³/mol. The van der Waals surface area contributed by atoms with Gasteiger partial charge in [-0.15, -0.1) is 0 Å². The maximum absolute atomic E-state index is 12.0. The van der Waals surface area contributed by atoms with Crippen molar-refractivity contribution in [1.29, 1.82) is 0 Å². The lowest BCUT2D eigenvalue weighted by atomic mass is 9.93. The number of carbonyl (C=O) groups excluding carboxylic acids is 2. The van der Waals surface area contributed by atoms with E-state index in [0.29, 0.717) is 22.7 Å². The van der Waals surface area contributed by atoms with Crippen molar-refractivity contribution in [2.45, 2.75) is 50.7 Å². The smallest absolute Gasteiger partial charge is 0.234 e. The summed E-state index contributed by atoms with van der Waals surface area (Å²) in [6, 6.07) is 11.5. The SMILES string of the molecule is O=C1CCC(=O)N1c1ccc2nc(Nc3cccc(NC4CCC(O)CC4)n3)sc2c1. The molecule has 0 radical (unpaired) electrons. The Morgan fingerprint density at radius 1 is 0.968 bits per heavy atom. The zero-order valence-corrected chi connectivity index (χ0v) is 17.7. The summed E-state index contributed by atoms with van der Waals surface area (Å²) in [6.45, 7) is 0. The van der Waals surface area contributed by atoms with Crippen LogP contribution in [0.5, 0.6) is 0 Å². The van der Waals surface area contributed by atoms with Gasteiger partial charge in [0.05, 0.1) is 22.0 Å². The minimum absolute atomic E-state index is 0.159. The van der Waals surface area contributed by atoms with Gasteiger partial charge in [-0.25, -0.2) is 9.97 Å². The first-order valence-corrected chi connectivity index (χ1v) is 11.3. The van der Waals surface area contributed by atoms with Crippen molar-refractivity contribution >= 4 is 55.8 Å². The number of rotatable bonds is 5. The number of nitrogens with one attached hydrogen (secondary N) is 2. The van der Waals surface area contributed by atoms with E-state index in [1.165, 1.54) is 16.2 Å². The Labute approximate surface area is 183 Å². The van der Waals surface area contributed by atoms with E-state index in [-0.39, 0.29) is 30.8 Å². The molecule has 1 aliphatic heterocycles. The molecule has 0 atom stereocenters. The van der Waals surface area contributed by atoms with Gasteiger partial charge in [-0.1, -0.05) is 17.4 Å². The van der Waals surface area contributed by atoms with E-state index in [1.54, 1.807) is 6.07 Å². The molecule has 3 heterocycles. The fourth-order valence-corrected chi connectivity index (χ4v) is 5.00. The van der Waals surface area contributed by atoms with Crippen LogP contribution in [0.2, 0.25) is 0 Å². The molecule has 2 fully saturated rings. The first-order chi connectivity index (χ1) is 15.0. The van der Waals surface area contributed by atoms with Gasteiger partial charge in [-0.2, -0.15) is 0 Å². The largest absolute Gasteiger partial charge is 0.393 e. The maximum atomic E-state index is 12.0. The standard InChI is InChI=1S/C22H23N5O3S/c28-15-7-4-13(5-8-15)23-18-2-1-3-19(25-18)26-22-24-16-9-6-14(12-17(16)31-22)27-20(29)10-11-21(27)30/h1-3,6,9,12-13,15,28H,4-5,7-8,10-11H2,(H2,23,24,25,26). The number of aliphatic hydroxyl groups is 1. The topological polar surface area (TPSA) is 107 Å². The number of imide groups is 1. The van der Waals surface area contributed by atoms with E-state index in [0.717, 1.165) is 41.7 Å². The van der Waals surface area contributed by atoms with Crippen molar-refractivity contribution in [3.63, 3.8) is 0 Å². The lowest BCUT2D eigenvalue weighted by molar-refractivity contribution is -0.121. The minimum Gasteiger partial charge on any atom is -0.393 e. The summed E-state index contributed by atoms with van der Waals surface area (Å²) in [5, 5.41) is 17.1. The molecule has 160 valence electrons. The highest BCUT2D eigenvalue weighted by molar-refractivity contribution is 7.22. The molecule has 2 aromatic heterocycles. The maximum Gasteiger partial charge on any atom is 0.234 e. The lowest BCUT2D eigenvalue weighted by Gasteiger charge is -2.26. The predicted octanol–water partition coefficient (Wildman–Crippen LogP) is 3.80. The summed E-state index contributed by atoms with van der Waals surface area (Å²) < 4.78 is 0.891. The summed E-state index contributed by atoms with van der Waals surface area (Å²) in [5.41, 5.74) is 1.39. The zero-order valence-electron chi connectivity index (χ0n) is 16.9. The molecule has 3 aromatic rings. The molecular formula is C22H23N5O3S. The third-order valence-electron chi connectivity index (χ3n) is 5.71. The van der Waals surface area contributed by atoms with Crippen LogP contribution in [0.15, 0.2) is 36.4 Å². The lowest BCUT2D eigenvalue weighted by Crippen LogP contribution is -2.28. The average molecular weight is 438 g/mol. The van der Waals surface area contributed by atoms with E-state index >= 15 is 0 Å². The van der Waals surface area contributed by atoms with Crippen LogP contribution in [-0.4, -0.2) is 39.0 Å². The van der Waals surface area contributed by atoms with Gasteiger partial charge in [0, 0.05) is 18.9 Å². The Hall–Kier alpha value is -3.04. The molecule has 5 rings (SSSR count). The molecule has 1 aliphatic carbocycles.